The number of carbonyl (C=O) groups excluding carboxylic acids is 2. The molecule has 1 saturated heterocycles. The maximum Gasteiger partial charge on any atom is 0.410 e. The summed E-state index contributed by atoms with van der Waals surface area (Å²) >= 11 is 0. The number of aromatic hydroxyl groups is 1. The molecule has 2 N–H and O–H groups in total. The fourth-order valence-corrected chi connectivity index (χ4v) is 4.80. The molecular formula is C24H36N2O4. The van der Waals surface area contributed by atoms with Gasteiger partial charge >= 0.3 is 6.09 Å². The summed E-state index contributed by atoms with van der Waals surface area (Å²) in [7, 11) is 0. The van der Waals surface area contributed by atoms with Crippen molar-refractivity contribution < 1.29 is 19.4 Å². The molecule has 1 aliphatic heterocycles. The van der Waals surface area contributed by atoms with Gasteiger partial charge in [0.15, 0.2) is 0 Å². The molecule has 1 atom stereocenters. The fourth-order valence-electron chi connectivity index (χ4n) is 4.80. The average Bonchev–Trinajstić information content (AvgIpc) is 3.26. The lowest BCUT2D eigenvalue weighted by Crippen LogP contribution is -2.37. The predicted octanol–water partition coefficient (Wildman–Crippen LogP) is 4.52. The van der Waals surface area contributed by atoms with Crippen molar-refractivity contribution in [3.05, 3.63) is 29.3 Å². The van der Waals surface area contributed by atoms with Crippen LogP contribution in [0.15, 0.2) is 18.2 Å². The maximum atomic E-state index is 12.6. The molecule has 3 rings (SSSR count). The van der Waals surface area contributed by atoms with Crippen LogP contribution < -0.4 is 5.32 Å². The normalized spacial score (nSPS) is 21.4. The Kier molecular flexibility index (Phi) is 7.27. The van der Waals surface area contributed by atoms with Crippen LogP contribution >= 0.6 is 0 Å². The number of likely N-dealkylation sites (tertiary alicyclic amines) is 1. The van der Waals surface area contributed by atoms with Gasteiger partial charge in [-0.1, -0.05) is 38.8 Å². The number of phenolic OH excluding ortho intramolecular Hbond substituents is 1. The van der Waals surface area contributed by atoms with Crippen molar-refractivity contribution >= 4 is 12.0 Å². The molecule has 0 radical (unpaired) electrons. The minimum Gasteiger partial charge on any atom is -0.508 e. The van der Waals surface area contributed by atoms with Gasteiger partial charge in [-0.25, -0.2) is 4.79 Å². The van der Waals surface area contributed by atoms with Crippen LogP contribution in [0.4, 0.5) is 4.79 Å². The average molecular weight is 417 g/mol. The van der Waals surface area contributed by atoms with E-state index in [-0.39, 0.29) is 29.8 Å². The summed E-state index contributed by atoms with van der Waals surface area (Å²) < 4.78 is 5.77. The van der Waals surface area contributed by atoms with Crippen LogP contribution in [0.1, 0.15) is 69.9 Å². The van der Waals surface area contributed by atoms with Gasteiger partial charge in [-0.15, -0.1) is 0 Å². The molecule has 2 fully saturated rings. The Bertz CT molecular complexity index is 750. The number of hydrogen-bond donors (Lipinski definition) is 2. The van der Waals surface area contributed by atoms with Gasteiger partial charge in [0, 0.05) is 19.6 Å². The van der Waals surface area contributed by atoms with Gasteiger partial charge in [0.05, 0.1) is 5.92 Å². The van der Waals surface area contributed by atoms with E-state index in [9.17, 15) is 14.7 Å². The fraction of sp³-hybridized carbons (Fsp3) is 0.667. The monoisotopic (exact) mass is 416 g/mol. The lowest BCUT2D eigenvalue weighted by molar-refractivity contribution is -0.124. The summed E-state index contributed by atoms with van der Waals surface area (Å²) in [6.45, 7) is 7.75. The Hall–Kier alpha value is -2.24. The summed E-state index contributed by atoms with van der Waals surface area (Å²) in [5.74, 6) is 0.0161. The molecule has 1 aromatic carbocycles. The maximum absolute atomic E-state index is 12.6. The third kappa shape index (κ3) is 5.27. The zero-order valence-electron chi connectivity index (χ0n) is 18.6. The van der Waals surface area contributed by atoms with Gasteiger partial charge in [-0.05, 0) is 61.6 Å². The lowest BCUT2D eigenvalue weighted by Gasteiger charge is -2.39. The number of carbonyl (C=O) groups is 2. The van der Waals surface area contributed by atoms with Gasteiger partial charge in [0.25, 0.3) is 0 Å². The van der Waals surface area contributed by atoms with Gasteiger partial charge in [-0.2, -0.15) is 0 Å². The van der Waals surface area contributed by atoms with Crippen LogP contribution in [-0.4, -0.2) is 41.2 Å². The highest BCUT2D eigenvalue weighted by Gasteiger charge is 2.36. The second-order valence-corrected chi connectivity index (χ2v) is 9.06. The van der Waals surface area contributed by atoms with Crippen molar-refractivity contribution in [2.24, 2.45) is 11.3 Å². The van der Waals surface area contributed by atoms with E-state index in [2.05, 4.69) is 19.2 Å². The molecule has 1 aromatic rings. The molecular weight excluding hydrogens is 380 g/mol. The smallest absolute Gasteiger partial charge is 0.410 e. The molecule has 1 saturated carbocycles. The number of aryl methyl sites for hydroxylation is 1. The number of amides is 2. The SMILES string of the molecule is CCC1(CC)CCC(OC(=O)N2CC[C@H](C(=O)NCc3ccc(O)c(C)c3)C2)CC1. The van der Waals surface area contributed by atoms with E-state index >= 15 is 0 Å². The summed E-state index contributed by atoms with van der Waals surface area (Å²) in [6, 6.07) is 5.31. The van der Waals surface area contributed by atoms with E-state index < -0.39 is 0 Å². The third-order valence-electron chi connectivity index (χ3n) is 7.31. The van der Waals surface area contributed by atoms with Crippen molar-refractivity contribution in [3.63, 3.8) is 0 Å². The van der Waals surface area contributed by atoms with Crippen molar-refractivity contribution in [1.82, 2.24) is 10.2 Å². The van der Waals surface area contributed by atoms with Crippen molar-refractivity contribution in [1.29, 1.82) is 0 Å². The van der Waals surface area contributed by atoms with Gasteiger partial charge < -0.3 is 20.1 Å². The van der Waals surface area contributed by atoms with E-state index in [0.717, 1.165) is 36.8 Å². The van der Waals surface area contributed by atoms with E-state index in [1.165, 1.54) is 12.8 Å². The Labute approximate surface area is 180 Å². The molecule has 166 valence electrons. The first-order valence-electron chi connectivity index (χ1n) is 11.4. The molecule has 6 heteroatoms. The third-order valence-corrected chi connectivity index (χ3v) is 7.31. The predicted molar refractivity (Wildman–Crippen MR) is 116 cm³/mol. The molecule has 30 heavy (non-hydrogen) atoms. The van der Waals surface area contributed by atoms with Crippen molar-refractivity contribution in [3.8, 4) is 5.75 Å². The second-order valence-electron chi connectivity index (χ2n) is 9.06. The second kappa shape index (κ2) is 9.71. The first kappa shape index (κ1) is 22.4. The number of phenols is 1. The summed E-state index contributed by atoms with van der Waals surface area (Å²) in [6.07, 6.45) is 6.91. The van der Waals surface area contributed by atoms with E-state index in [1.54, 1.807) is 17.0 Å². The van der Waals surface area contributed by atoms with Gasteiger partial charge in [0.2, 0.25) is 5.91 Å². The zero-order valence-corrected chi connectivity index (χ0v) is 18.6. The first-order chi connectivity index (χ1) is 14.4. The standard InChI is InChI=1S/C24H36N2O4/c1-4-24(5-2)11-8-20(9-12-24)30-23(29)26-13-10-19(16-26)22(28)25-15-18-6-7-21(27)17(3)14-18/h6-7,14,19-20,27H,4-5,8-13,15-16H2,1-3H3,(H,25,28)/t19-/m0/s1. The Morgan fingerprint density at radius 2 is 1.90 bits per heavy atom. The van der Waals surface area contributed by atoms with Gasteiger partial charge in [0.1, 0.15) is 11.9 Å². The summed E-state index contributed by atoms with van der Waals surface area (Å²) in [5, 5.41) is 12.6. The zero-order chi connectivity index (χ0) is 21.7. The number of rotatable bonds is 6. The molecule has 0 spiro atoms. The van der Waals surface area contributed by atoms with E-state index in [1.807, 2.05) is 13.0 Å². The van der Waals surface area contributed by atoms with E-state index in [0.29, 0.717) is 31.5 Å². The Balaban J connectivity index is 1.42. The topological polar surface area (TPSA) is 78.9 Å². The largest absolute Gasteiger partial charge is 0.508 e. The van der Waals surface area contributed by atoms with E-state index in [4.69, 9.17) is 4.74 Å². The molecule has 1 aliphatic carbocycles. The summed E-state index contributed by atoms with van der Waals surface area (Å²) in [5.41, 5.74) is 2.16. The quantitative estimate of drug-likeness (QED) is 0.714. The number of hydrogen-bond acceptors (Lipinski definition) is 4. The molecule has 1 heterocycles. The molecule has 0 aromatic heterocycles. The highest BCUT2D eigenvalue weighted by molar-refractivity contribution is 5.80. The minimum absolute atomic E-state index is 0.00865. The molecule has 2 amide bonds. The molecule has 0 unspecified atom stereocenters. The molecule has 0 bridgehead atoms. The van der Waals surface area contributed by atoms with Crippen LogP contribution in [0.2, 0.25) is 0 Å². The van der Waals surface area contributed by atoms with Crippen LogP contribution in [0.3, 0.4) is 0 Å². The minimum atomic E-state index is -0.273. The Morgan fingerprint density at radius 1 is 1.20 bits per heavy atom. The number of nitrogens with zero attached hydrogens (tertiary/aromatic N) is 1. The highest BCUT2D eigenvalue weighted by atomic mass is 16.6. The molecule has 2 aliphatic rings. The summed E-state index contributed by atoms with van der Waals surface area (Å²) in [4.78, 5) is 26.8. The number of ether oxygens (including phenoxy) is 1. The number of benzene rings is 1. The van der Waals surface area contributed by atoms with Crippen LogP contribution in [0.5, 0.6) is 5.75 Å². The highest BCUT2D eigenvalue weighted by Crippen LogP contribution is 2.42. The molecule has 6 nitrogen and oxygen atoms in total. The van der Waals surface area contributed by atoms with Crippen LogP contribution in [0.25, 0.3) is 0 Å². The van der Waals surface area contributed by atoms with Gasteiger partial charge in [-0.3, -0.25) is 4.79 Å². The first-order valence-corrected chi connectivity index (χ1v) is 11.4. The lowest BCUT2D eigenvalue weighted by atomic mass is 9.70. The van der Waals surface area contributed by atoms with Crippen LogP contribution in [0, 0.1) is 18.3 Å². The van der Waals surface area contributed by atoms with Crippen molar-refractivity contribution in [2.45, 2.75) is 78.4 Å². The van der Waals surface area contributed by atoms with Crippen molar-refractivity contribution in [2.75, 3.05) is 13.1 Å². The Morgan fingerprint density at radius 3 is 2.53 bits per heavy atom. The van der Waals surface area contributed by atoms with Crippen LogP contribution in [-0.2, 0) is 16.1 Å². The number of nitrogens with one attached hydrogen (secondary N) is 1.